The van der Waals surface area contributed by atoms with E-state index in [1.807, 2.05) is 40.9 Å². The van der Waals surface area contributed by atoms with E-state index in [0.29, 0.717) is 30.6 Å². The highest BCUT2D eigenvalue weighted by Crippen LogP contribution is 2.38. The third-order valence-electron chi connectivity index (χ3n) is 5.53. The average molecular weight is 452 g/mol. The van der Waals surface area contributed by atoms with Crippen molar-refractivity contribution in [3.05, 3.63) is 64.8 Å². The largest absolute Gasteiger partial charge is 0.322 e. The van der Waals surface area contributed by atoms with Crippen LogP contribution in [0.1, 0.15) is 40.1 Å². The van der Waals surface area contributed by atoms with Crippen LogP contribution in [-0.2, 0) is 21.8 Å². The lowest BCUT2D eigenvalue weighted by Crippen LogP contribution is -2.40. The number of hydrogen-bond donors (Lipinski definition) is 1. The molecule has 8 heteroatoms. The van der Waals surface area contributed by atoms with Gasteiger partial charge >= 0.3 is 0 Å². The number of carbonyl (C=O) groups is 3. The zero-order valence-corrected chi connectivity index (χ0v) is 18.4. The van der Waals surface area contributed by atoms with E-state index in [4.69, 9.17) is 0 Å². The van der Waals surface area contributed by atoms with E-state index in [2.05, 4.69) is 5.32 Å². The Morgan fingerprint density at radius 2 is 1.68 bits per heavy atom. The van der Waals surface area contributed by atoms with Gasteiger partial charge in [0.15, 0.2) is 0 Å². The van der Waals surface area contributed by atoms with Crippen LogP contribution in [0.4, 0.5) is 11.4 Å². The van der Waals surface area contributed by atoms with Crippen molar-refractivity contribution in [2.24, 2.45) is 0 Å². The number of amides is 3. The van der Waals surface area contributed by atoms with E-state index in [-0.39, 0.29) is 17.7 Å². The molecule has 3 aromatic rings. The number of thiophene rings is 1. The smallest absolute Gasteiger partial charge is 0.258 e. The Labute approximate surface area is 188 Å². The highest BCUT2D eigenvalue weighted by Gasteiger charge is 2.28. The minimum absolute atomic E-state index is 0.133. The number of thioether (sulfide) groups is 1. The van der Waals surface area contributed by atoms with Crippen molar-refractivity contribution in [1.82, 2.24) is 4.57 Å². The van der Waals surface area contributed by atoms with Gasteiger partial charge in [-0.1, -0.05) is 0 Å². The van der Waals surface area contributed by atoms with Gasteiger partial charge in [0.25, 0.3) is 5.91 Å². The first-order valence-corrected chi connectivity index (χ1v) is 12.2. The maximum absolute atomic E-state index is 13.3. The van der Waals surface area contributed by atoms with Gasteiger partial charge in [-0.3, -0.25) is 19.3 Å². The Morgan fingerprint density at radius 3 is 2.39 bits per heavy atom. The zero-order chi connectivity index (χ0) is 21.4. The fraction of sp³-hybridized carbons (Fsp3) is 0.261. The molecular formula is C23H21N3O3S2. The summed E-state index contributed by atoms with van der Waals surface area (Å²) in [4.78, 5) is 40.1. The van der Waals surface area contributed by atoms with E-state index in [9.17, 15) is 14.4 Å². The number of carbonyl (C=O) groups excluding carboxylic acids is 3. The minimum atomic E-state index is -0.174. The summed E-state index contributed by atoms with van der Waals surface area (Å²) in [5, 5.41) is 3.95. The van der Waals surface area contributed by atoms with Gasteiger partial charge in [0.2, 0.25) is 11.8 Å². The summed E-state index contributed by atoms with van der Waals surface area (Å²) in [6, 6.07) is 10.8. The summed E-state index contributed by atoms with van der Waals surface area (Å²) in [6.07, 6.45) is 6.18. The average Bonchev–Trinajstić information content (AvgIpc) is 3.42. The van der Waals surface area contributed by atoms with Gasteiger partial charge in [0.1, 0.15) is 5.00 Å². The third kappa shape index (κ3) is 3.81. The molecule has 6 nitrogen and oxygen atoms in total. The quantitative estimate of drug-likeness (QED) is 0.588. The molecule has 1 aromatic carbocycles. The highest BCUT2D eigenvalue weighted by molar-refractivity contribution is 7.98. The number of piperidine rings is 1. The molecule has 1 fully saturated rings. The molecule has 2 aromatic heterocycles. The maximum Gasteiger partial charge on any atom is 0.258 e. The molecule has 2 aliphatic rings. The SMILES string of the molecule is O=C(Nc1ccc(N2C(=O)CCCC2=O)cc1)c1c(-n2cccc2)sc2c1CCSC2. The first kappa shape index (κ1) is 20.1. The van der Waals surface area contributed by atoms with Gasteiger partial charge in [-0.05, 0) is 60.6 Å². The van der Waals surface area contributed by atoms with Crippen molar-refractivity contribution in [1.29, 1.82) is 0 Å². The van der Waals surface area contributed by atoms with Crippen molar-refractivity contribution in [3.63, 3.8) is 0 Å². The van der Waals surface area contributed by atoms with Crippen LogP contribution in [0.15, 0.2) is 48.8 Å². The Balaban J connectivity index is 1.41. The second-order valence-electron chi connectivity index (χ2n) is 7.55. The van der Waals surface area contributed by atoms with Crippen molar-refractivity contribution >= 4 is 52.2 Å². The maximum atomic E-state index is 13.3. The molecule has 158 valence electrons. The predicted molar refractivity (Wildman–Crippen MR) is 124 cm³/mol. The highest BCUT2D eigenvalue weighted by atomic mass is 32.2. The molecular weight excluding hydrogens is 430 g/mol. The molecule has 0 aliphatic carbocycles. The zero-order valence-electron chi connectivity index (χ0n) is 16.8. The van der Waals surface area contributed by atoms with Crippen LogP contribution in [0.3, 0.4) is 0 Å². The van der Waals surface area contributed by atoms with Gasteiger partial charge in [-0.15, -0.1) is 11.3 Å². The second-order valence-corrected chi connectivity index (χ2v) is 9.74. The van der Waals surface area contributed by atoms with Crippen molar-refractivity contribution in [2.45, 2.75) is 31.4 Å². The summed E-state index contributed by atoms with van der Waals surface area (Å²) in [5.74, 6) is 1.47. The summed E-state index contributed by atoms with van der Waals surface area (Å²) in [6.45, 7) is 0. The van der Waals surface area contributed by atoms with Crippen LogP contribution in [0.25, 0.3) is 5.00 Å². The Bertz CT molecular complexity index is 1130. The summed E-state index contributed by atoms with van der Waals surface area (Å²) in [5.41, 5.74) is 3.06. The van der Waals surface area contributed by atoms with E-state index < -0.39 is 0 Å². The molecule has 4 heterocycles. The van der Waals surface area contributed by atoms with E-state index in [0.717, 1.165) is 34.1 Å². The molecule has 31 heavy (non-hydrogen) atoms. The normalized spacial score (nSPS) is 16.3. The van der Waals surface area contributed by atoms with Crippen molar-refractivity contribution < 1.29 is 14.4 Å². The molecule has 0 radical (unpaired) electrons. The number of rotatable bonds is 4. The molecule has 2 aliphatic heterocycles. The van der Waals surface area contributed by atoms with Gasteiger partial charge in [0.05, 0.1) is 11.3 Å². The summed E-state index contributed by atoms with van der Waals surface area (Å²) < 4.78 is 2.00. The molecule has 1 saturated heterocycles. The predicted octanol–water partition coefficient (Wildman–Crippen LogP) is 4.62. The summed E-state index contributed by atoms with van der Waals surface area (Å²) >= 11 is 3.58. The van der Waals surface area contributed by atoms with Gasteiger partial charge in [0, 0.05) is 41.6 Å². The molecule has 0 atom stereocenters. The van der Waals surface area contributed by atoms with Crippen LogP contribution < -0.4 is 10.2 Å². The van der Waals surface area contributed by atoms with Gasteiger partial charge in [-0.25, -0.2) is 0 Å². The molecule has 5 rings (SSSR count). The van der Waals surface area contributed by atoms with Crippen LogP contribution in [0.5, 0.6) is 0 Å². The first-order chi connectivity index (χ1) is 15.1. The lowest BCUT2D eigenvalue weighted by atomic mass is 10.1. The van der Waals surface area contributed by atoms with E-state index >= 15 is 0 Å². The number of imide groups is 1. The lowest BCUT2D eigenvalue weighted by Gasteiger charge is -2.25. The number of anilines is 2. The molecule has 0 spiro atoms. The molecule has 1 N–H and O–H groups in total. The fourth-order valence-electron chi connectivity index (χ4n) is 4.03. The number of benzene rings is 1. The number of nitrogens with one attached hydrogen (secondary N) is 1. The lowest BCUT2D eigenvalue weighted by molar-refractivity contribution is -0.129. The number of fused-ring (bicyclic) bond motifs is 1. The third-order valence-corrected chi connectivity index (χ3v) is 7.94. The van der Waals surface area contributed by atoms with Crippen molar-refractivity contribution in [2.75, 3.05) is 16.0 Å². The molecule has 3 amide bonds. The van der Waals surface area contributed by atoms with Crippen LogP contribution >= 0.6 is 23.1 Å². The first-order valence-electron chi connectivity index (χ1n) is 10.2. The Morgan fingerprint density at radius 1 is 0.968 bits per heavy atom. The molecule has 0 bridgehead atoms. The summed E-state index contributed by atoms with van der Waals surface area (Å²) in [7, 11) is 0. The molecule has 0 unspecified atom stereocenters. The van der Waals surface area contributed by atoms with E-state index in [1.54, 1.807) is 35.6 Å². The van der Waals surface area contributed by atoms with Gasteiger partial charge < -0.3 is 9.88 Å². The van der Waals surface area contributed by atoms with Crippen LogP contribution in [0, 0.1) is 0 Å². The standard InChI is InChI=1S/C23H21N3O3S2/c27-19-4-3-5-20(28)26(19)16-8-6-15(7-9-16)24-22(29)21-17-10-13-30-14-18(17)31-23(21)25-11-1-2-12-25/h1-2,6-9,11-12H,3-5,10,13-14H2,(H,24,29). The second kappa shape index (κ2) is 8.36. The van der Waals surface area contributed by atoms with Crippen molar-refractivity contribution in [3.8, 4) is 5.00 Å². The van der Waals surface area contributed by atoms with E-state index in [1.165, 1.54) is 9.78 Å². The Hall–Kier alpha value is -2.84. The molecule has 0 saturated carbocycles. The Kier molecular flexibility index (Phi) is 5.41. The number of hydrogen-bond acceptors (Lipinski definition) is 5. The number of aromatic nitrogens is 1. The van der Waals surface area contributed by atoms with Gasteiger partial charge in [-0.2, -0.15) is 11.8 Å². The number of nitrogens with zero attached hydrogens (tertiary/aromatic N) is 2. The fourth-order valence-corrected chi connectivity index (χ4v) is 6.48. The van der Waals surface area contributed by atoms with Crippen LogP contribution in [0.2, 0.25) is 0 Å². The topological polar surface area (TPSA) is 71.4 Å². The monoisotopic (exact) mass is 451 g/mol. The minimum Gasteiger partial charge on any atom is -0.322 e. The van der Waals surface area contributed by atoms with Crippen LogP contribution in [-0.4, -0.2) is 28.0 Å².